The van der Waals surface area contributed by atoms with E-state index in [-0.39, 0.29) is 16.7 Å². The molecular weight excluding hydrogens is 348 g/mol. The van der Waals surface area contributed by atoms with Crippen LogP contribution < -0.4 is 4.72 Å². The maximum absolute atomic E-state index is 12.5. The van der Waals surface area contributed by atoms with E-state index in [1.54, 1.807) is 22.4 Å². The van der Waals surface area contributed by atoms with Crippen molar-refractivity contribution in [3.05, 3.63) is 41.2 Å². The van der Waals surface area contributed by atoms with E-state index in [4.69, 9.17) is 4.42 Å². The predicted molar refractivity (Wildman–Crippen MR) is 91.4 cm³/mol. The molecule has 130 valence electrons. The van der Waals surface area contributed by atoms with Crippen LogP contribution in [0, 0.1) is 5.92 Å². The Balaban J connectivity index is 1.66. The van der Waals surface area contributed by atoms with Gasteiger partial charge in [-0.15, -0.1) is 11.3 Å². The third kappa shape index (κ3) is 3.88. The van der Waals surface area contributed by atoms with Crippen LogP contribution in [-0.4, -0.2) is 32.3 Å². The van der Waals surface area contributed by atoms with Gasteiger partial charge in [0, 0.05) is 18.5 Å². The Morgan fingerprint density at radius 3 is 2.83 bits per heavy atom. The van der Waals surface area contributed by atoms with E-state index in [1.165, 1.54) is 12.3 Å². The summed E-state index contributed by atoms with van der Waals surface area (Å²) in [6.07, 6.45) is 3.47. The van der Waals surface area contributed by atoms with Gasteiger partial charge in [-0.05, 0) is 37.0 Å². The molecule has 0 atom stereocenters. The zero-order valence-corrected chi connectivity index (χ0v) is 15.0. The van der Waals surface area contributed by atoms with Crippen molar-refractivity contribution < 1.29 is 17.6 Å². The molecule has 6 nitrogen and oxygen atoms in total. The Labute approximate surface area is 145 Å². The first-order chi connectivity index (χ1) is 11.5. The SMILES string of the molecule is CC1CCN(C(=O)c2csc(S(=O)(=O)NCc3ccco3)c2)CC1. The molecular formula is C16H20N2O4S2. The molecule has 0 saturated carbocycles. The number of hydrogen-bond acceptors (Lipinski definition) is 5. The molecule has 0 bridgehead atoms. The minimum Gasteiger partial charge on any atom is -0.468 e. The molecule has 1 aliphatic heterocycles. The van der Waals surface area contributed by atoms with Gasteiger partial charge in [-0.1, -0.05) is 6.92 Å². The summed E-state index contributed by atoms with van der Waals surface area (Å²) in [4.78, 5) is 14.3. The molecule has 8 heteroatoms. The molecule has 1 saturated heterocycles. The number of rotatable bonds is 5. The van der Waals surface area contributed by atoms with Crippen molar-refractivity contribution in [1.29, 1.82) is 0 Å². The summed E-state index contributed by atoms with van der Waals surface area (Å²) in [6.45, 7) is 3.73. The molecule has 1 N–H and O–H groups in total. The lowest BCUT2D eigenvalue weighted by molar-refractivity contribution is 0.0697. The smallest absolute Gasteiger partial charge is 0.254 e. The first-order valence-corrected chi connectivity index (χ1v) is 10.2. The number of carbonyl (C=O) groups is 1. The van der Waals surface area contributed by atoms with Crippen LogP contribution in [0.15, 0.2) is 38.5 Å². The Bertz CT molecular complexity index is 788. The van der Waals surface area contributed by atoms with Gasteiger partial charge in [0.25, 0.3) is 5.91 Å². The van der Waals surface area contributed by atoms with E-state index in [9.17, 15) is 13.2 Å². The molecule has 2 aromatic heterocycles. The fourth-order valence-electron chi connectivity index (χ4n) is 2.61. The topological polar surface area (TPSA) is 79.6 Å². The van der Waals surface area contributed by atoms with Crippen molar-refractivity contribution in [2.45, 2.75) is 30.5 Å². The first-order valence-electron chi connectivity index (χ1n) is 7.85. The summed E-state index contributed by atoms with van der Waals surface area (Å²) in [5.74, 6) is 1.08. The van der Waals surface area contributed by atoms with Gasteiger partial charge in [0.15, 0.2) is 0 Å². The number of nitrogens with one attached hydrogen (secondary N) is 1. The fraction of sp³-hybridized carbons (Fsp3) is 0.438. The Kier molecular flexibility index (Phi) is 5.07. The monoisotopic (exact) mass is 368 g/mol. The molecule has 0 aliphatic carbocycles. The number of nitrogens with zero attached hydrogens (tertiary/aromatic N) is 1. The van der Waals surface area contributed by atoms with Gasteiger partial charge >= 0.3 is 0 Å². The van der Waals surface area contributed by atoms with Crippen molar-refractivity contribution in [2.24, 2.45) is 5.92 Å². The van der Waals surface area contributed by atoms with E-state index >= 15 is 0 Å². The molecule has 1 amide bonds. The molecule has 1 fully saturated rings. The number of likely N-dealkylation sites (tertiary alicyclic amines) is 1. The molecule has 24 heavy (non-hydrogen) atoms. The number of amides is 1. The molecule has 2 aromatic rings. The summed E-state index contributed by atoms with van der Waals surface area (Å²) in [6, 6.07) is 4.85. The minimum atomic E-state index is -3.65. The van der Waals surface area contributed by atoms with Crippen molar-refractivity contribution >= 4 is 27.3 Å². The molecule has 0 spiro atoms. The standard InChI is InChI=1S/C16H20N2O4S2/c1-12-4-6-18(7-5-12)16(19)13-9-15(23-11-13)24(20,21)17-10-14-3-2-8-22-14/h2-3,8-9,11-12,17H,4-7,10H2,1H3. The van der Waals surface area contributed by atoms with Crippen LogP contribution in [0.4, 0.5) is 0 Å². The van der Waals surface area contributed by atoms with Crippen LogP contribution in [0.5, 0.6) is 0 Å². The van der Waals surface area contributed by atoms with E-state index in [0.29, 0.717) is 17.2 Å². The molecule has 3 heterocycles. The lowest BCUT2D eigenvalue weighted by atomic mass is 9.99. The highest BCUT2D eigenvalue weighted by molar-refractivity contribution is 7.91. The highest BCUT2D eigenvalue weighted by atomic mass is 32.2. The van der Waals surface area contributed by atoms with Crippen molar-refractivity contribution in [3.8, 4) is 0 Å². The van der Waals surface area contributed by atoms with Gasteiger partial charge in [-0.3, -0.25) is 4.79 Å². The third-order valence-corrected chi connectivity index (χ3v) is 7.02. The van der Waals surface area contributed by atoms with Crippen molar-refractivity contribution in [1.82, 2.24) is 9.62 Å². The van der Waals surface area contributed by atoms with Crippen LogP contribution in [0.25, 0.3) is 0 Å². The largest absolute Gasteiger partial charge is 0.468 e. The van der Waals surface area contributed by atoms with Crippen molar-refractivity contribution in [2.75, 3.05) is 13.1 Å². The predicted octanol–water partition coefficient (Wildman–Crippen LogP) is 2.69. The Hall–Kier alpha value is -1.64. The highest BCUT2D eigenvalue weighted by Gasteiger charge is 2.24. The lowest BCUT2D eigenvalue weighted by Crippen LogP contribution is -2.37. The molecule has 0 aromatic carbocycles. The number of thiophene rings is 1. The molecule has 1 aliphatic rings. The second kappa shape index (κ2) is 7.08. The number of sulfonamides is 1. The average molecular weight is 368 g/mol. The van der Waals surface area contributed by atoms with E-state index < -0.39 is 10.0 Å². The molecule has 3 rings (SSSR count). The van der Waals surface area contributed by atoms with Crippen LogP contribution in [0.1, 0.15) is 35.9 Å². The second-order valence-electron chi connectivity index (χ2n) is 6.03. The molecule has 0 unspecified atom stereocenters. The summed E-state index contributed by atoms with van der Waals surface area (Å²) in [5, 5.41) is 1.61. The minimum absolute atomic E-state index is 0.0839. The number of carbonyl (C=O) groups excluding carboxylic acids is 1. The average Bonchev–Trinajstić information content (AvgIpc) is 3.25. The van der Waals surface area contributed by atoms with E-state index in [0.717, 1.165) is 37.3 Å². The quantitative estimate of drug-likeness (QED) is 0.880. The number of hydrogen-bond donors (Lipinski definition) is 1. The van der Waals surface area contributed by atoms with E-state index in [1.807, 2.05) is 0 Å². The summed E-state index contributed by atoms with van der Waals surface area (Å²) in [7, 11) is -3.65. The maximum atomic E-state index is 12.5. The first kappa shape index (κ1) is 17.2. The van der Waals surface area contributed by atoms with Crippen molar-refractivity contribution in [3.63, 3.8) is 0 Å². The van der Waals surface area contributed by atoms with Gasteiger partial charge in [0.2, 0.25) is 10.0 Å². The van der Waals surface area contributed by atoms with Gasteiger partial charge in [0.05, 0.1) is 18.4 Å². The number of furan rings is 1. The zero-order valence-electron chi connectivity index (χ0n) is 13.4. The van der Waals surface area contributed by atoms with Crippen LogP contribution in [0.3, 0.4) is 0 Å². The van der Waals surface area contributed by atoms with Crippen LogP contribution in [-0.2, 0) is 16.6 Å². The zero-order chi connectivity index (χ0) is 17.2. The summed E-state index contributed by atoms with van der Waals surface area (Å²) < 4.78 is 32.4. The van der Waals surface area contributed by atoms with Gasteiger partial charge in [-0.25, -0.2) is 13.1 Å². The fourth-order valence-corrected chi connectivity index (χ4v) is 4.81. The Morgan fingerprint density at radius 1 is 1.42 bits per heavy atom. The normalized spacial score (nSPS) is 16.5. The van der Waals surface area contributed by atoms with Crippen LogP contribution in [0.2, 0.25) is 0 Å². The number of piperidine rings is 1. The maximum Gasteiger partial charge on any atom is 0.254 e. The summed E-state index contributed by atoms with van der Waals surface area (Å²) >= 11 is 1.06. The lowest BCUT2D eigenvalue weighted by Gasteiger charge is -2.30. The third-order valence-electron chi connectivity index (χ3n) is 4.17. The van der Waals surface area contributed by atoms with Gasteiger partial charge in [0.1, 0.15) is 9.97 Å². The van der Waals surface area contributed by atoms with Gasteiger partial charge in [-0.2, -0.15) is 0 Å². The highest BCUT2D eigenvalue weighted by Crippen LogP contribution is 2.24. The van der Waals surface area contributed by atoms with Gasteiger partial charge < -0.3 is 9.32 Å². The summed E-state index contributed by atoms with van der Waals surface area (Å²) in [5.41, 5.74) is 0.438. The second-order valence-corrected chi connectivity index (χ2v) is 8.94. The van der Waals surface area contributed by atoms with E-state index in [2.05, 4.69) is 11.6 Å². The molecule has 0 radical (unpaired) electrons. The van der Waals surface area contributed by atoms with Crippen LogP contribution >= 0.6 is 11.3 Å². The Morgan fingerprint density at radius 2 is 2.17 bits per heavy atom.